The maximum Gasteiger partial charge on any atom is 0.193 e. The molecule has 138 valence electrons. The van der Waals surface area contributed by atoms with Gasteiger partial charge in [0.25, 0.3) is 0 Å². The summed E-state index contributed by atoms with van der Waals surface area (Å²) < 4.78 is 24.8. The highest BCUT2D eigenvalue weighted by Crippen LogP contribution is 2.45. The number of hydrogen-bond acceptors (Lipinski definition) is 3. The Labute approximate surface area is 151 Å². The Morgan fingerprint density at radius 1 is 1.20 bits per heavy atom. The third-order valence-electron chi connectivity index (χ3n) is 5.46. The lowest BCUT2D eigenvalue weighted by Gasteiger charge is -2.26. The smallest absolute Gasteiger partial charge is 0.193 e. The van der Waals surface area contributed by atoms with Crippen LogP contribution in [0.4, 0.5) is 0 Å². The number of sulfone groups is 1. The molecule has 1 aliphatic carbocycles. The minimum Gasteiger partial charge on any atom is -0.357 e. The van der Waals surface area contributed by atoms with Crippen LogP contribution in [-0.2, 0) is 9.84 Å². The lowest BCUT2D eigenvalue weighted by Crippen LogP contribution is -2.41. The summed E-state index contributed by atoms with van der Waals surface area (Å²) in [5, 5.41) is 3.34. The van der Waals surface area contributed by atoms with E-state index in [1.807, 2.05) is 6.07 Å². The molecular formula is C19H29N3O2S. The van der Waals surface area contributed by atoms with Crippen LogP contribution in [0, 0.1) is 5.41 Å². The standard InChI is InChI=1S/C19H29N3O2S/c1-2-20-18(22-14-12-19(16-22)10-6-7-11-19)21-13-15-25(23,24)17-8-4-3-5-9-17/h3-5,8-9H,2,6-7,10-16H2,1H3,(H,20,21). The molecular weight excluding hydrogens is 334 g/mol. The van der Waals surface area contributed by atoms with Gasteiger partial charge in [-0.3, -0.25) is 4.99 Å². The van der Waals surface area contributed by atoms with Crippen molar-refractivity contribution in [2.75, 3.05) is 31.9 Å². The number of rotatable bonds is 5. The Bertz CT molecular complexity index is 695. The van der Waals surface area contributed by atoms with Crippen LogP contribution >= 0.6 is 0 Å². The van der Waals surface area contributed by atoms with E-state index < -0.39 is 9.84 Å². The van der Waals surface area contributed by atoms with E-state index >= 15 is 0 Å². The fraction of sp³-hybridized carbons (Fsp3) is 0.632. The number of nitrogens with zero attached hydrogens (tertiary/aromatic N) is 2. The zero-order chi connectivity index (χ0) is 17.8. The quantitative estimate of drug-likeness (QED) is 0.645. The molecule has 0 amide bonds. The molecule has 1 saturated heterocycles. The Kier molecular flexibility index (Phi) is 5.67. The van der Waals surface area contributed by atoms with E-state index in [4.69, 9.17) is 0 Å². The van der Waals surface area contributed by atoms with Crippen molar-refractivity contribution in [1.29, 1.82) is 0 Å². The van der Waals surface area contributed by atoms with Gasteiger partial charge in [-0.1, -0.05) is 31.0 Å². The summed E-state index contributed by atoms with van der Waals surface area (Å²) in [6.07, 6.45) is 6.57. The van der Waals surface area contributed by atoms with E-state index in [9.17, 15) is 8.42 Å². The van der Waals surface area contributed by atoms with E-state index in [0.717, 1.165) is 25.6 Å². The summed E-state index contributed by atoms with van der Waals surface area (Å²) in [5.74, 6) is 0.916. The molecule has 1 heterocycles. The second kappa shape index (κ2) is 7.77. The van der Waals surface area contributed by atoms with Crippen molar-refractivity contribution in [1.82, 2.24) is 10.2 Å². The highest BCUT2D eigenvalue weighted by atomic mass is 32.2. The SMILES string of the molecule is CCNC(=NCCS(=O)(=O)c1ccccc1)N1CCC2(CCCC2)C1. The fourth-order valence-electron chi connectivity index (χ4n) is 4.09. The highest BCUT2D eigenvalue weighted by Gasteiger charge is 2.41. The number of benzene rings is 1. The van der Waals surface area contributed by atoms with Gasteiger partial charge in [-0.25, -0.2) is 8.42 Å². The zero-order valence-corrected chi connectivity index (χ0v) is 15.9. The molecule has 1 saturated carbocycles. The summed E-state index contributed by atoms with van der Waals surface area (Å²) in [5.41, 5.74) is 0.478. The summed E-state index contributed by atoms with van der Waals surface area (Å²) >= 11 is 0. The Balaban J connectivity index is 1.63. The van der Waals surface area contributed by atoms with Crippen LogP contribution < -0.4 is 5.32 Å². The molecule has 1 aromatic rings. The van der Waals surface area contributed by atoms with Crippen molar-refractivity contribution in [3.63, 3.8) is 0 Å². The first-order chi connectivity index (χ1) is 12.0. The molecule has 2 aliphatic rings. The van der Waals surface area contributed by atoms with Gasteiger partial charge in [0.2, 0.25) is 0 Å². The lowest BCUT2D eigenvalue weighted by atomic mass is 9.86. The zero-order valence-electron chi connectivity index (χ0n) is 15.1. The number of likely N-dealkylation sites (tertiary alicyclic amines) is 1. The van der Waals surface area contributed by atoms with Gasteiger partial charge in [-0.2, -0.15) is 0 Å². The van der Waals surface area contributed by atoms with Gasteiger partial charge in [0.15, 0.2) is 15.8 Å². The molecule has 1 N–H and O–H groups in total. The molecule has 1 spiro atoms. The predicted octanol–water partition coefficient (Wildman–Crippen LogP) is 2.69. The number of aliphatic imine (C=N–C) groups is 1. The van der Waals surface area contributed by atoms with Crippen molar-refractivity contribution < 1.29 is 8.42 Å². The van der Waals surface area contributed by atoms with Crippen molar-refractivity contribution >= 4 is 15.8 Å². The third-order valence-corrected chi connectivity index (χ3v) is 7.17. The van der Waals surface area contributed by atoms with Crippen LogP contribution in [-0.4, -0.2) is 51.2 Å². The predicted molar refractivity (Wildman–Crippen MR) is 102 cm³/mol. The van der Waals surface area contributed by atoms with Gasteiger partial charge in [-0.15, -0.1) is 0 Å². The molecule has 6 heteroatoms. The van der Waals surface area contributed by atoms with Gasteiger partial charge in [-0.05, 0) is 43.7 Å². The van der Waals surface area contributed by atoms with E-state index in [2.05, 4.69) is 22.1 Å². The van der Waals surface area contributed by atoms with Crippen molar-refractivity contribution in [3.8, 4) is 0 Å². The largest absolute Gasteiger partial charge is 0.357 e. The highest BCUT2D eigenvalue weighted by molar-refractivity contribution is 7.91. The molecule has 3 rings (SSSR count). The van der Waals surface area contributed by atoms with Crippen LogP contribution in [0.1, 0.15) is 39.0 Å². The minimum atomic E-state index is -3.27. The monoisotopic (exact) mass is 363 g/mol. The second-order valence-electron chi connectivity index (χ2n) is 7.25. The number of nitrogens with one attached hydrogen (secondary N) is 1. The fourth-order valence-corrected chi connectivity index (χ4v) is 5.23. The summed E-state index contributed by atoms with van der Waals surface area (Å²) in [6.45, 7) is 5.23. The summed E-state index contributed by atoms with van der Waals surface area (Å²) in [4.78, 5) is 7.31. The van der Waals surface area contributed by atoms with Crippen molar-refractivity contribution in [2.45, 2.75) is 43.9 Å². The minimum absolute atomic E-state index is 0.0465. The van der Waals surface area contributed by atoms with Crippen LogP contribution in [0.15, 0.2) is 40.2 Å². The average molecular weight is 364 g/mol. The first kappa shape index (κ1) is 18.2. The molecule has 25 heavy (non-hydrogen) atoms. The summed E-state index contributed by atoms with van der Waals surface area (Å²) in [7, 11) is -3.27. The van der Waals surface area contributed by atoms with Crippen molar-refractivity contribution in [3.05, 3.63) is 30.3 Å². The molecule has 2 fully saturated rings. The van der Waals surface area contributed by atoms with Crippen LogP contribution in [0.5, 0.6) is 0 Å². The Morgan fingerprint density at radius 2 is 1.92 bits per heavy atom. The molecule has 0 atom stereocenters. The maximum atomic E-state index is 12.4. The van der Waals surface area contributed by atoms with Crippen molar-refractivity contribution in [2.24, 2.45) is 10.4 Å². The third kappa shape index (κ3) is 4.35. The molecule has 1 aromatic carbocycles. The summed E-state index contributed by atoms with van der Waals surface area (Å²) in [6, 6.07) is 8.63. The molecule has 1 aliphatic heterocycles. The normalized spacial score (nSPS) is 20.4. The number of guanidine groups is 1. The van der Waals surface area contributed by atoms with Gasteiger partial charge >= 0.3 is 0 Å². The molecule has 0 bridgehead atoms. The molecule has 0 aromatic heterocycles. The first-order valence-electron chi connectivity index (χ1n) is 9.36. The molecule has 0 radical (unpaired) electrons. The van der Waals surface area contributed by atoms with Crippen LogP contribution in [0.3, 0.4) is 0 Å². The Hall–Kier alpha value is -1.56. The molecule has 0 unspecified atom stereocenters. The van der Waals surface area contributed by atoms with E-state index in [1.165, 1.54) is 32.1 Å². The molecule has 5 nitrogen and oxygen atoms in total. The van der Waals surface area contributed by atoms with Crippen LogP contribution in [0.25, 0.3) is 0 Å². The van der Waals surface area contributed by atoms with E-state index in [0.29, 0.717) is 16.9 Å². The van der Waals surface area contributed by atoms with E-state index in [1.54, 1.807) is 24.3 Å². The van der Waals surface area contributed by atoms with Gasteiger partial charge < -0.3 is 10.2 Å². The van der Waals surface area contributed by atoms with Gasteiger partial charge in [0.05, 0.1) is 17.2 Å². The topological polar surface area (TPSA) is 61.8 Å². The van der Waals surface area contributed by atoms with E-state index in [-0.39, 0.29) is 5.75 Å². The lowest BCUT2D eigenvalue weighted by molar-refractivity contribution is 0.309. The number of hydrogen-bond donors (Lipinski definition) is 1. The van der Waals surface area contributed by atoms with Crippen LogP contribution in [0.2, 0.25) is 0 Å². The average Bonchev–Trinajstić information content (AvgIpc) is 3.25. The Morgan fingerprint density at radius 3 is 2.60 bits per heavy atom. The van der Waals surface area contributed by atoms with Gasteiger partial charge in [0.1, 0.15) is 0 Å². The second-order valence-corrected chi connectivity index (χ2v) is 9.36. The first-order valence-corrected chi connectivity index (χ1v) is 11.0. The maximum absolute atomic E-state index is 12.4. The van der Waals surface area contributed by atoms with Gasteiger partial charge in [0, 0.05) is 19.6 Å².